The molecule has 29 nitrogen and oxygen atoms in total. The Balaban J connectivity index is -0.00000720. The average Bonchev–Trinajstić information content (AvgIpc) is 3.10. The van der Waals surface area contributed by atoms with Crippen molar-refractivity contribution < 1.29 is 279 Å². The first-order valence-corrected chi connectivity index (χ1v) is 21.4. The number of hydrogen-bond acceptors (Lipinski definition) is 29. The number of hydrogen-bond donors (Lipinski definition) is 0. The number of aliphatic carboxylic acids is 1. The van der Waals surface area contributed by atoms with Gasteiger partial charge in [-0.1, -0.05) is 0 Å². The van der Waals surface area contributed by atoms with Gasteiger partial charge in [0, 0.05) is 42.7 Å². The van der Waals surface area contributed by atoms with Crippen molar-refractivity contribution >= 4 is 47.3 Å². The Labute approximate surface area is 473 Å². The van der Waals surface area contributed by atoms with Crippen LogP contribution in [-0.2, 0) is 116 Å². The molecule has 0 aliphatic carbocycles. The summed E-state index contributed by atoms with van der Waals surface area (Å²) in [6, 6.07) is 0. The Morgan fingerprint density at radius 3 is 1.25 bits per heavy atom. The number of rotatable bonds is 22. The number of carboxylic acid groups (broad SMARTS) is 1. The first-order chi connectivity index (χ1) is 26.8. The first-order valence-electron chi connectivity index (χ1n) is 15.9. The Bertz CT molecular complexity index is 1800. The van der Waals surface area contributed by atoms with Crippen LogP contribution in [-0.4, -0.2) is 212 Å². The molecule has 63 heavy (non-hydrogen) atoms. The zero-order valence-electron chi connectivity index (χ0n) is 35.8. The standard InChI is InChI=1S/C25H44O29S4.5Na/c1-40-12-10(7-47-56(31,32)33)50-24(19(43-4)14(12)41-2)52-17-15(42-3)20(44-5)25(53-18(17)22(26)27)51-13-11(8-48-57(34,35)36)49-23(45-6)21(54-58(37,38)39)16(13)46-9-55(28,29)30;;;;;/h10-21,23-25H,7-9H2,1-6H3,(H,26,27)(H,28,29,30)(H,31,32,33)(H,34,35,36)(H,37,38,39);;;;;/q;5*+1/p-5/t10-,11-,12-,13-,14+,15+,16+,17+,18+,19-,20-,21-,23+,24-,25-;;;;;/m1...../s1. The molecule has 0 bridgehead atoms. The summed E-state index contributed by atoms with van der Waals surface area (Å²) in [6.07, 6.45) is -28.0. The van der Waals surface area contributed by atoms with Crippen LogP contribution in [0.5, 0.6) is 0 Å². The second-order valence-corrected chi connectivity index (χ2v) is 16.4. The summed E-state index contributed by atoms with van der Waals surface area (Å²) >= 11 is 0. The molecule has 3 fully saturated rings. The van der Waals surface area contributed by atoms with Crippen LogP contribution in [0.2, 0.25) is 0 Å². The summed E-state index contributed by atoms with van der Waals surface area (Å²) in [7, 11) is -15.7. The predicted octanol–water partition coefficient (Wildman–Crippen LogP) is -21.9. The van der Waals surface area contributed by atoms with Gasteiger partial charge in [0.2, 0.25) is 31.2 Å². The van der Waals surface area contributed by atoms with Gasteiger partial charge in [-0.2, -0.15) is 0 Å². The van der Waals surface area contributed by atoms with E-state index < -0.39 is 159 Å². The van der Waals surface area contributed by atoms with Crippen molar-refractivity contribution in [3.8, 4) is 0 Å². The van der Waals surface area contributed by atoms with Crippen LogP contribution in [0, 0.1) is 0 Å². The fourth-order valence-corrected chi connectivity index (χ4v) is 7.66. The van der Waals surface area contributed by atoms with Gasteiger partial charge in [0.1, 0.15) is 83.2 Å². The van der Waals surface area contributed by atoms with E-state index in [-0.39, 0.29) is 148 Å². The molecule has 0 unspecified atom stereocenters. The Morgan fingerprint density at radius 2 is 0.873 bits per heavy atom. The number of methoxy groups -OCH3 is 6. The minimum atomic E-state index is -5.79. The van der Waals surface area contributed by atoms with Gasteiger partial charge in [0.25, 0.3) is 0 Å². The van der Waals surface area contributed by atoms with Gasteiger partial charge in [0.15, 0.2) is 25.0 Å². The van der Waals surface area contributed by atoms with E-state index >= 15 is 0 Å². The summed E-state index contributed by atoms with van der Waals surface area (Å²) < 4.78 is 217. The van der Waals surface area contributed by atoms with E-state index in [2.05, 4.69) is 12.5 Å². The van der Waals surface area contributed by atoms with Gasteiger partial charge < -0.3 is 85.0 Å². The zero-order chi connectivity index (χ0) is 44.0. The molecule has 0 saturated carbocycles. The number of carbonyl (C=O) groups is 1. The molecule has 0 N–H and O–H groups in total. The van der Waals surface area contributed by atoms with Crippen LogP contribution in [0.4, 0.5) is 0 Å². The molecular weight excluding hydrogens is 1010 g/mol. The molecule has 0 aromatic heterocycles. The molecule has 0 aromatic rings. The monoisotopic (exact) mass is 1050 g/mol. The van der Waals surface area contributed by atoms with Crippen molar-refractivity contribution in [2.45, 2.75) is 92.1 Å². The van der Waals surface area contributed by atoms with Gasteiger partial charge in [0.05, 0.1) is 19.2 Å². The van der Waals surface area contributed by atoms with Crippen molar-refractivity contribution in [3.05, 3.63) is 0 Å². The number of carboxylic acids is 1. The third kappa shape index (κ3) is 21.6. The summed E-state index contributed by atoms with van der Waals surface area (Å²) in [5.74, 6) is -3.88. The maximum Gasteiger partial charge on any atom is 1.00 e. The number of ether oxygens (including phenoxy) is 12. The third-order valence-electron chi connectivity index (χ3n) is 8.47. The van der Waals surface area contributed by atoms with Crippen molar-refractivity contribution in [2.75, 3.05) is 61.8 Å². The van der Waals surface area contributed by atoms with Crippen LogP contribution < -0.4 is 153 Å². The molecule has 15 atom stereocenters. The molecule has 38 heteroatoms. The fourth-order valence-electron chi connectivity index (χ4n) is 6.27. The molecule has 3 rings (SSSR count). The predicted molar refractivity (Wildman–Crippen MR) is 167 cm³/mol. The molecule has 3 heterocycles. The molecule has 0 aromatic carbocycles. The second kappa shape index (κ2) is 31.2. The molecule has 3 aliphatic heterocycles. The van der Waals surface area contributed by atoms with E-state index in [0.29, 0.717) is 0 Å². The minimum absolute atomic E-state index is 0. The smallest absolute Gasteiger partial charge is 0.746 e. The van der Waals surface area contributed by atoms with Crippen molar-refractivity contribution in [2.24, 2.45) is 0 Å². The van der Waals surface area contributed by atoms with E-state index in [1.54, 1.807) is 0 Å². The summed E-state index contributed by atoms with van der Waals surface area (Å²) in [5.41, 5.74) is 0. The summed E-state index contributed by atoms with van der Waals surface area (Å²) in [6.45, 7) is -2.32. The normalized spacial score (nSPS) is 33.8. The van der Waals surface area contributed by atoms with Crippen LogP contribution in [0.3, 0.4) is 0 Å². The summed E-state index contributed by atoms with van der Waals surface area (Å²) in [5, 5.41) is 12.7. The van der Waals surface area contributed by atoms with Crippen molar-refractivity contribution in [1.82, 2.24) is 0 Å². The molecule has 0 spiro atoms. The first kappa shape index (κ1) is 70.8. The summed E-state index contributed by atoms with van der Waals surface area (Å²) in [4.78, 5) is 12.7. The molecular formula is C25H39Na5O29S4. The zero-order valence-corrected chi connectivity index (χ0v) is 49.0. The maximum absolute atomic E-state index is 12.7. The van der Waals surface area contributed by atoms with Crippen LogP contribution in [0.25, 0.3) is 0 Å². The van der Waals surface area contributed by atoms with Gasteiger partial charge in [-0.3, -0.25) is 12.5 Å². The average molecular weight is 1050 g/mol. The van der Waals surface area contributed by atoms with E-state index in [1.165, 1.54) is 14.2 Å². The Hall–Kier alpha value is 3.51. The molecule has 0 amide bonds. The van der Waals surface area contributed by atoms with Gasteiger partial charge >= 0.3 is 148 Å². The largest absolute Gasteiger partial charge is 1.00 e. The molecule has 342 valence electrons. The quantitative estimate of drug-likeness (QED) is 0.0552. The SMILES string of the molecule is CO[C@H]1O[C@H](COS(=O)(=O)[O-])[C@@H](O[C@@H]2O[C@H](C(=O)[O-])[C@@H](O[C@H]3O[C@H](COS(=O)(=O)[O-])[C@@H](OC)[C@H](OC)[C@H]3OC)[C@H](OC)[C@H]2OC)[C@H](OCS(=O)(=O)[O-])[C@H]1OS(=O)(=O)[O-].[Na+].[Na+].[Na+].[Na+].[Na+]. The van der Waals surface area contributed by atoms with Crippen LogP contribution >= 0.6 is 0 Å². The fraction of sp³-hybridized carbons (Fsp3) is 0.960. The van der Waals surface area contributed by atoms with Gasteiger partial charge in [-0.05, 0) is 0 Å². The third-order valence-corrected chi connectivity index (χ3v) is 10.2. The molecule has 0 radical (unpaired) electrons. The van der Waals surface area contributed by atoms with Crippen molar-refractivity contribution in [1.29, 1.82) is 0 Å². The van der Waals surface area contributed by atoms with Crippen molar-refractivity contribution in [3.63, 3.8) is 0 Å². The van der Waals surface area contributed by atoms with Crippen LogP contribution in [0.15, 0.2) is 0 Å². The minimum Gasteiger partial charge on any atom is -0.746 e. The van der Waals surface area contributed by atoms with Gasteiger partial charge in [-0.15, -0.1) is 0 Å². The van der Waals surface area contributed by atoms with Crippen LogP contribution in [0.1, 0.15) is 0 Å². The molecule has 3 aliphatic rings. The maximum atomic E-state index is 12.7. The Morgan fingerprint density at radius 1 is 0.476 bits per heavy atom. The van der Waals surface area contributed by atoms with E-state index in [1.807, 2.05) is 0 Å². The number of carbonyl (C=O) groups excluding carboxylic acids is 1. The topological polar surface area (TPSA) is 407 Å². The van der Waals surface area contributed by atoms with E-state index in [9.17, 15) is 61.8 Å². The molecule has 3 saturated heterocycles. The van der Waals surface area contributed by atoms with E-state index in [4.69, 9.17) is 56.8 Å². The Kier molecular flexibility index (Phi) is 35.0. The van der Waals surface area contributed by atoms with Gasteiger partial charge in [-0.25, -0.2) is 33.7 Å². The second-order valence-electron chi connectivity index (χ2n) is 11.9. The van der Waals surface area contributed by atoms with E-state index in [0.717, 1.165) is 28.4 Å².